The molecule has 5 nitrogen and oxygen atoms in total. The van der Waals surface area contributed by atoms with Gasteiger partial charge in [0.25, 0.3) is 5.91 Å². The van der Waals surface area contributed by atoms with Gasteiger partial charge < -0.3 is 11.1 Å². The Bertz CT molecular complexity index is 381. The fourth-order valence-electron chi connectivity index (χ4n) is 1.64. The smallest absolute Gasteiger partial charge is 0.273 e. The van der Waals surface area contributed by atoms with Crippen molar-refractivity contribution in [3.8, 4) is 0 Å². The molecular weight excluding hydrogens is 204 g/mol. The number of nitrogen functional groups attached to an aromatic ring is 1. The van der Waals surface area contributed by atoms with Crippen molar-refractivity contribution in [3.63, 3.8) is 0 Å². The van der Waals surface area contributed by atoms with Gasteiger partial charge in [-0.3, -0.25) is 9.89 Å². The Morgan fingerprint density at radius 3 is 3.00 bits per heavy atom. The molecule has 1 aromatic rings. The first kappa shape index (κ1) is 11.0. The monoisotopic (exact) mass is 222 g/mol. The van der Waals surface area contributed by atoms with E-state index in [1.54, 1.807) is 0 Å². The van der Waals surface area contributed by atoms with Crippen LogP contribution in [0.4, 0.5) is 5.69 Å². The molecule has 0 radical (unpaired) electrons. The summed E-state index contributed by atoms with van der Waals surface area (Å²) in [4.78, 5) is 11.7. The molecule has 0 spiro atoms. The molecule has 1 saturated carbocycles. The number of aromatic amines is 1. The summed E-state index contributed by atoms with van der Waals surface area (Å²) in [6, 6.07) is 0. The Morgan fingerprint density at radius 1 is 1.62 bits per heavy atom. The maximum Gasteiger partial charge on any atom is 0.273 e. The number of amides is 1. The molecule has 0 atom stereocenters. The largest absolute Gasteiger partial charge is 0.395 e. The first-order valence-corrected chi connectivity index (χ1v) is 5.83. The highest BCUT2D eigenvalue weighted by Crippen LogP contribution is 2.27. The highest BCUT2D eigenvalue weighted by Gasteiger charge is 2.23. The van der Waals surface area contributed by atoms with Crippen molar-refractivity contribution in [1.29, 1.82) is 0 Å². The summed E-state index contributed by atoms with van der Waals surface area (Å²) < 4.78 is 0. The number of hydrogen-bond donors (Lipinski definition) is 3. The fraction of sp³-hybridized carbons (Fsp3) is 0.636. The summed E-state index contributed by atoms with van der Waals surface area (Å²) in [6.07, 6.45) is 4.25. The average molecular weight is 222 g/mol. The van der Waals surface area contributed by atoms with Crippen LogP contribution in [0.3, 0.4) is 0 Å². The molecule has 0 aromatic carbocycles. The highest BCUT2D eigenvalue weighted by atomic mass is 16.1. The number of nitrogens with one attached hydrogen (secondary N) is 2. The van der Waals surface area contributed by atoms with Crippen LogP contribution in [0.25, 0.3) is 0 Å². The van der Waals surface area contributed by atoms with Gasteiger partial charge in [-0.1, -0.05) is 13.3 Å². The van der Waals surface area contributed by atoms with Crippen molar-refractivity contribution in [2.75, 3.05) is 12.3 Å². The number of H-pyrrole nitrogens is 1. The molecule has 0 saturated heterocycles. The van der Waals surface area contributed by atoms with Gasteiger partial charge in [0.15, 0.2) is 5.69 Å². The molecule has 1 fully saturated rings. The van der Waals surface area contributed by atoms with E-state index >= 15 is 0 Å². The number of aryl methyl sites for hydroxylation is 1. The van der Waals surface area contributed by atoms with E-state index in [0.717, 1.165) is 25.1 Å². The maximum absolute atomic E-state index is 11.7. The number of carbonyl (C=O) groups excluding carboxylic acids is 1. The molecule has 16 heavy (non-hydrogen) atoms. The second-order valence-electron chi connectivity index (χ2n) is 4.37. The third-order valence-electron chi connectivity index (χ3n) is 2.85. The number of rotatable bonds is 5. The zero-order valence-corrected chi connectivity index (χ0v) is 9.55. The minimum Gasteiger partial charge on any atom is -0.395 e. The number of anilines is 1. The predicted molar refractivity (Wildman–Crippen MR) is 62.1 cm³/mol. The molecule has 4 N–H and O–H groups in total. The van der Waals surface area contributed by atoms with E-state index in [1.807, 2.05) is 0 Å². The van der Waals surface area contributed by atoms with Crippen molar-refractivity contribution in [2.45, 2.75) is 32.6 Å². The maximum atomic E-state index is 11.7. The summed E-state index contributed by atoms with van der Waals surface area (Å²) in [5.41, 5.74) is 7.55. The fourth-order valence-corrected chi connectivity index (χ4v) is 1.64. The Morgan fingerprint density at radius 2 is 2.38 bits per heavy atom. The molecule has 1 aliphatic rings. The van der Waals surface area contributed by atoms with Crippen LogP contribution in [-0.4, -0.2) is 22.6 Å². The van der Waals surface area contributed by atoms with Crippen molar-refractivity contribution < 1.29 is 4.79 Å². The number of carbonyl (C=O) groups is 1. The molecule has 0 unspecified atom stereocenters. The molecule has 5 heteroatoms. The lowest BCUT2D eigenvalue weighted by atomic mass is 10.2. The molecular formula is C11H18N4O. The Balaban J connectivity index is 1.98. The zero-order chi connectivity index (χ0) is 11.5. The van der Waals surface area contributed by atoms with Gasteiger partial charge in [0, 0.05) is 6.54 Å². The van der Waals surface area contributed by atoms with E-state index in [4.69, 9.17) is 5.73 Å². The second kappa shape index (κ2) is 4.55. The number of hydrogen-bond acceptors (Lipinski definition) is 3. The number of nitrogens with zero attached hydrogens (tertiary/aromatic N) is 1. The van der Waals surface area contributed by atoms with E-state index < -0.39 is 0 Å². The normalized spacial score (nSPS) is 15.1. The summed E-state index contributed by atoms with van der Waals surface area (Å²) in [7, 11) is 0. The van der Waals surface area contributed by atoms with E-state index in [2.05, 4.69) is 22.4 Å². The van der Waals surface area contributed by atoms with Crippen LogP contribution in [0.2, 0.25) is 0 Å². The molecule has 1 aliphatic carbocycles. The van der Waals surface area contributed by atoms with Crippen molar-refractivity contribution in [3.05, 3.63) is 11.4 Å². The molecule has 0 aliphatic heterocycles. The van der Waals surface area contributed by atoms with E-state index in [9.17, 15) is 4.79 Å². The Kier molecular flexibility index (Phi) is 3.12. The zero-order valence-electron chi connectivity index (χ0n) is 9.55. The lowest BCUT2D eigenvalue weighted by molar-refractivity contribution is 0.0947. The SMILES string of the molecule is CCCc1[nH]nc(C(=O)NCC2CC2)c1N. The summed E-state index contributed by atoms with van der Waals surface area (Å²) in [5.74, 6) is 0.502. The van der Waals surface area contributed by atoms with E-state index in [1.165, 1.54) is 12.8 Å². The minimum atomic E-state index is -0.164. The van der Waals surface area contributed by atoms with Gasteiger partial charge in [0.1, 0.15) is 0 Å². The van der Waals surface area contributed by atoms with Crippen LogP contribution in [0.15, 0.2) is 0 Å². The second-order valence-corrected chi connectivity index (χ2v) is 4.37. The quantitative estimate of drug-likeness (QED) is 0.697. The van der Waals surface area contributed by atoms with Gasteiger partial charge in [-0.2, -0.15) is 5.10 Å². The number of nitrogens with two attached hydrogens (primary N) is 1. The van der Waals surface area contributed by atoms with Crippen LogP contribution in [0, 0.1) is 5.92 Å². The third kappa shape index (κ3) is 2.35. The van der Waals surface area contributed by atoms with Gasteiger partial charge >= 0.3 is 0 Å². The average Bonchev–Trinajstić information content (AvgIpc) is 3.03. The first-order valence-electron chi connectivity index (χ1n) is 5.83. The van der Waals surface area contributed by atoms with Crippen LogP contribution in [-0.2, 0) is 6.42 Å². The molecule has 88 valence electrons. The Labute approximate surface area is 94.8 Å². The molecule has 2 rings (SSSR count). The minimum absolute atomic E-state index is 0.164. The van der Waals surface area contributed by atoms with Crippen LogP contribution in [0.1, 0.15) is 42.4 Å². The van der Waals surface area contributed by atoms with Crippen LogP contribution in [0.5, 0.6) is 0 Å². The van der Waals surface area contributed by atoms with Gasteiger partial charge in [0.05, 0.1) is 11.4 Å². The van der Waals surface area contributed by atoms with E-state index in [-0.39, 0.29) is 5.91 Å². The number of aromatic nitrogens is 2. The molecule has 1 amide bonds. The van der Waals surface area contributed by atoms with Crippen LogP contribution >= 0.6 is 0 Å². The van der Waals surface area contributed by atoms with Gasteiger partial charge in [0.2, 0.25) is 0 Å². The summed E-state index contributed by atoms with van der Waals surface area (Å²) in [6.45, 7) is 2.81. The van der Waals surface area contributed by atoms with Crippen molar-refractivity contribution >= 4 is 11.6 Å². The molecule has 1 aromatic heterocycles. The Hall–Kier alpha value is -1.52. The van der Waals surface area contributed by atoms with Crippen LogP contribution < -0.4 is 11.1 Å². The van der Waals surface area contributed by atoms with E-state index in [0.29, 0.717) is 17.3 Å². The van der Waals surface area contributed by atoms with Crippen molar-refractivity contribution in [1.82, 2.24) is 15.5 Å². The third-order valence-corrected chi connectivity index (χ3v) is 2.85. The van der Waals surface area contributed by atoms with Gasteiger partial charge in [-0.25, -0.2) is 0 Å². The lowest BCUT2D eigenvalue weighted by Gasteiger charge is -2.02. The predicted octanol–water partition coefficient (Wildman–Crippen LogP) is 1.08. The summed E-state index contributed by atoms with van der Waals surface area (Å²) in [5, 5.41) is 9.65. The van der Waals surface area contributed by atoms with Crippen molar-refractivity contribution in [2.24, 2.45) is 5.92 Å². The topological polar surface area (TPSA) is 83.8 Å². The standard InChI is InChI=1S/C11H18N4O/c1-2-3-8-9(12)10(15-14-8)11(16)13-6-7-4-5-7/h7H,2-6,12H2,1H3,(H,13,16)(H,14,15). The lowest BCUT2D eigenvalue weighted by Crippen LogP contribution is -2.26. The van der Waals surface area contributed by atoms with Gasteiger partial charge in [-0.15, -0.1) is 0 Å². The molecule has 0 bridgehead atoms. The highest BCUT2D eigenvalue weighted by molar-refractivity contribution is 5.97. The summed E-state index contributed by atoms with van der Waals surface area (Å²) >= 11 is 0. The van der Waals surface area contributed by atoms with Gasteiger partial charge in [-0.05, 0) is 25.2 Å². The molecule has 1 heterocycles. The first-order chi connectivity index (χ1) is 7.72.